The number of fused-ring (bicyclic) bond motifs is 1. The van der Waals surface area contributed by atoms with Gasteiger partial charge in [0.2, 0.25) is 0 Å². The second-order valence-corrected chi connectivity index (χ2v) is 9.08. The molecule has 0 bridgehead atoms. The molecule has 0 radical (unpaired) electrons. The van der Waals surface area contributed by atoms with Gasteiger partial charge in [-0.25, -0.2) is 5.01 Å². The highest BCUT2D eigenvalue weighted by atomic mass is 16.6. The fraction of sp³-hybridized carbons (Fsp3) is 0.360. The molecule has 3 amide bonds. The van der Waals surface area contributed by atoms with Gasteiger partial charge >= 0.3 is 0 Å². The van der Waals surface area contributed by atoms with Crippen LogP contribution in [-0.2, 0) is 9.59 Å². The van der Waals surface area contributed by atoms with Crippen molar-refractivity contribution in [2.24, 2.45) is 17.8 Å². The molecule has 0 unspecified atom stereocenters. The minimum absolute atomic E-state index is 0.0335. The number of carbonyl (C=O) groups is 4. The van der Waals surface area contributed by atoms with E-state index in [9.17, 15) is 29.3 Å². The van der Waals surface area contributed by atoms with Gasteiger partial charge in [-0.3, -0.25) is 29.3 Å². The van der Waals surface area contributed by atoms with E-state index >= 15 is 0 Å². The van der Waals surface area contributed by atoms with Crippen LogP contribution in [0.1, 0.15) is 52.5 Å². The third-order valence-corrected chi connectivity index (χ3v) is 6.63. The van der Waals surface area contributed by atoms with E-state index in [0.29, 0.717) is 18.4 Å². The van der Waals surface area contributed by atoms with E-state index in [4.69, 9.17) is 0 Å². The molecule has 1 aliphatic carbocycles. The number of nitro groups is 1. The van der Waals surface area contributed by atoms with E-state index in [2.05, 4.69) is 0 Å². The van der Waals surface area contributed by atoms with Crippen LogP contribution in [0.5, 0.6) is 0 Å². The van der Waals surface area contributed by atoms with Crippen molar-refractivity contribution in [3.05, 3.63) is 75.3 Å². The van der Waals surface area contributed by atoms with Gasteiger partial charge in [0.05, 0.1) is 16.8 Å². The fourth-order valence-electron chi connectivity index (χ4n) is 4.68. The normalized spacial score (nSPS) is 21.8. The van der Waals surface area contributed by atoms with Gasteiger partial charge in [-0.15, -0.1) is 0 Å². The van der Waals surface area contributed by atoms with Crippen molar-refractivity contribution in [1.82, 2.24) is 10.0 Å². The Bertz CT molecular complexity index is 1160. The van der Waals surface area contributed by atoms with Crippen LogP contribution in [0.25, 0.3) is 0 Å². The number of imide groups is 1. The van der Waals surface area contributed by atoms with Crippen molar-refractivity contribution in [3.63, 3.8) is 0 Å². The summed E-state index contributed by atoms with van der Waals surface area (Å²) in [5, 5.41) is 12.7. The van der Waals surface area contributed by atoms with Crippen molar-refractivity contribution < 1.29 is 24.1 Å². The quantitative estimate of drug-likeness (QED) is 0.280. The number of Topliss-reactive ketones (excluding diaryl/α,β-unsaturated/α-hetero) is 1. The van der Waals surface area contributed by atoms with Crippen molar-refractivity contribution >= 4 is 29.2 Å². The highest BCUT2D eigenvalue weighted by Crippen LogP contribution is 2.41. The minimum Gasteiger partial charge on any atom is -0.292 e. The Kier molecular flexibility index (Phi) is 6.28. The Morgan fingerprint density at radius 2 is 1.56 bits per heavy atom. The Balaban J connectivity index is 1.68. The molecule has 176 valence electrons. The zero-order valence-corrected chi connectivity index (χ0v) is 19.0. The van der Waals surface area contributed by atoms with Gasteiger partial charge < -0.3 is 0 Å². The number of benzene rings is 2. The number of non-ortho nitro benzene ring substituents is 1. The topological polar surface area (TPSA) is 118 Å². The summed E-state index contributed by atoms with van der Waals surface area (Å²) in [4.78, 5) is 63.4. The average molecular weight is 463 g/mol. The number of amides is 3. The Morgan fingerprint density at radius 3 is 2.18 bits per heavy atom. The van der Waals surface area contributed by atoms with Gasteiger partial charge in [-0.05, 0) is 44.2 Å². The molecule has 0 spiro atoms. The maximum atomic E-state index is 13.5. The van der Waals surface area contributed by atoms with Gasteiger partial charge in [0.15, 0.2) is 5.78 Å². The predicted octanol–water partition coefficient (Wildman–Crippen LogP) is 3.56. The first-order chi connectivity index (χ1) is 16.2. The summed E-state index contributed by atoms with van der Waals surface area (Å²) in [7, 11) is 0. The van der Waals surface area contributed by atoms with Gasteiger partial charge in [0.1, 0.15) is 6.54 Å². The lowest BCUT2D eigenvalue weighted by Crippen LogP contribution is -2.52. The van der Waals surface area contributed by atoms with Crippen molar-refractivity contribution in [1.29, 1.82) is 0 Å². The zero-order valence-electron chi connectivity index (χ0n) is 19.0. The smallest absolute Gasteiger partial charge is 0.273 e. The number of rotatable bonds is 6. The van der Waals surface area contributed by atoms with E-state index in [-0.39, 0.29) is 17.2 Å². The highest BCUT2D eigenvalue weighted by molar-refractivity contribution is 6.09. The van der Waals surface area contributed by atoms with Crippen molar-refractivity contribution in [3.8, 4) is 0 Å². The number of nitrogens with zero attached hydrogens (tertiary/aromatic N) is 3. The maximum absolute atomic E-state index is 13.5. The highest BCUT2D eigenvalue weighted by Gasteiger charge is 2.52. The molecule has 1 saturated carbocycles. The molecule has 2 aromatic rings. The Hall–Kier alpha value is -3.88. The molecule has 2 aromatic carbocycles. The minimum atomic E-state index is -0.747. The lowest BCUT2D eigenvalue weighted by atomic mass is 9.76. The van der Waals surface area contributed by atoms with Crippen molar-refractivity contribution in [2.45, 2.75) is 33.1 Å². The van der Waals surface area contributed by atoms with Crippen LogP contribution in [0.2, 0.25) is 0 Å². The number of aryl methyl sites for hydroxylation is 1. The zero-order chi connectivity index (χ0) is 24.6. The average Bonchev–Trinajstić information content (AvgIpc) is 3.06. The van der Waals surface area contributed by atoms with Gasteiger partial charge in [-0.1, -0.05) is 36.8 Å². The lowest BCUT2D eigenvalue weighted by molar-refractivity contribution is -0.384. The van der Waals surface area contributed by atoms with E-state index in [1.54, 1.807) is 24.3 Å². The molecule has 1 saturated heterocycles. The number of hydrogen-bond donors (Lipinski definition) is 0. The molecule has 9 heteroatoms. The summed E-state index contributed by atoms with van der Waals surface area (Å²) in [5.74, 6) is -2.88. The van der Waals surface area contributed by atoms with Gasteiger partial charge in [-0.2, -0.15) is 5.01 Å². The first-order valence-electron chi connectivity index (χ1n) is 11.2. The van der Waals surface area contributed by atoms with E-state index < -0.39 is 46.8 Å². The third kappa shape index (κ3) is 4.33. The van der Waals surface area contributed by atoms with Crippen LogP contribution in [0.4, 0.5) is 5.69 Å². The number of hydrazine groups is 1. The standard InChI is InChI=1S/C25H25N3O6/c1-15-3-6-17(7-4-15)22(29)14-26(23(30)18-8-10-19(11-9-18)28(33)34)27-24(31)20-12-5-16(2)13-21(20)25(27)32/h3-4,6-11,16,20-21H,5,12-14H2,1-2H3/t16-,20+,21-/m0/s1. The van der Waals surface area contributed by atoms with Crippen LogP contribution in [0.15, 0.2) is 48.5 Å². The summed E-state index contributed by atoms with van der Waals surface area (Å²) in [6, 6.07) is 11.6. The molecule has 9 nitrogen and oxygen atoms in total. The molecular weight excluding hydrogens is 438 g/mol. The molecule has 3 atom stereocenters. The lowest BCUT2D eigenvalue weighted by Gasteiger charge is -2.30. The monoisotopic (exact) mass is 463 g/mol. The third-order valence-electron chi connectivity index (χ3n) is 6.63. The molecule has 0 aromatic heterocycles. The van der Waals surface area contributed by atoms with Gasteiger partial charge in [0.25, 0.3) is 23.4 Å². The summed E-state index contributed by atoms with van der Waals surface area (Å²) >= 11 is 0. The van der Waals surface area contributed by atoms with Crippen LogP contribution < -0.4 is 0 Å². The maximum Gasteiger partial charge on any atom is 0.273 e. The first kappa shape index (κ1) is 23.3. The summed E-state index contributed by atoms with van der Waals surface area (Å²) in [5.41, 5.74) is 1.13. The largest absolute Gasteiger partial charge is 0.292 e. The molecule has 1 heterocycles. The second kappa shape index (κ2) is 9.17. The molecular formula is C25H25N3O6. The van der Waals surface area contributed by atoms with E-state index in [1.165, 1.54) is 24.3 Å². The fourth-order valence-corrected chi connectivity index (χ4v) is 4.68. The molecule has 34 heavy (non-hydrogen) atoms. The second-order valence-electron chi connectivity index (χ2n) is 9.08. The molecule has 2 fully saturated rings. The van der Waals surface area contributed by atoms with Crippen molar-refractivity contribution in [2.75, 3.05) is 6.54 Å². The van der Waals surface area contributed by atoms with E-state index in [1.807, 2.05) is 13.8 Å². The SMILES string of the molecule is Cc1ccc(C(=O)CN(C(=O)c2ccc([N+](=O)[O-])cc2)N2C(=O)[C@H]3C[C@@H](C)CC[C@H]3C2=O)cc1. The number of ketones is 1. The summed E-state index contributed by atoms with van der Waals surface area (Å²) in [6.07, 6.45) is 1.92. The van der Waals surface area contributed by atoms with E-state index in [0.717, 1.165) is 22.0 Å². The predicted molar refractivity (Wildman–Crippen MR) is 121 cm³/mol. The number of carbonyl (C=O) groups excluding carboxylic acids is 4. The summed E-state index contributed by atoms with van der Waals surface area (Å²) < 4.78 is 0. The molecule has 0 N–H and O–H groups in total. The Morgan fingerprint density at radius 1 is 0.971 bits per heavy atom. The Labute approximate surface area is 196 Å². The molecule has 2 aliphatic rings. The number of hydrogen-bond acceptors (Lipinski definition) is 6. The van der Waals surface area contributed by atoms with Gasteiger partial charge in [0, 0.05) is 23.3 Å². The summed E-state index contributed by atoms with van der Waals surface area (Å²) in [6.45, 7) is 3.39. The van der Waals surface area contributed by atoms with Crippen LogP contribution in [-0.4, -0.2) is 45.0 Å². The van der Waals surface area contributed by atoms with Crippen LogP contribution in [0, 0.1) is 34.8 Å². The van der Waals surface area contributed by atoms with Crippen LogP contribution >= 0.6 is 0 Å². The first-order valence-corrected chi connectivity index (χ1v) is 11.2. The van der Waals surface area contributed by atoms with Crippen LogP contribution in [0.3, 0.4) is 0 Å². The molecule has 4 rings (SSSR count). The number of nitro benzene ring substituents is 1. The molecule has 1 aliphatic heterocycles.